The smallest absolute Gasteiger partial charge is 0.337 e. The zero-order valence-corrected chi connectivity index (χ0v) is 17.6. The van der Waals surface area contributed by atoms with Crippen LogP contribution in [0.2, 0.25) is 0 Å². The number of ether oxygens (including phenoxy) is 1. The lowest BCUT2D eigenvalue weighted by Gasteiger charge is -2.15. The van der Waals surface area contributed by atoms with Crippen LogP contribution in [0, 0.1) is 13.8 Å². The van der Waals surface area contributed by atoms with Crippen LogP contribution in [0.1, 0.15) is 11.1 Å². The zero-order chi connectivity index (χ0) is 22.1. The van der Waals surface area contributed by atoms with E-state index in [0.717, 1.165) is 16.7 Å². The summed E-state index contributed by atoms with van der Waals surface area (Å²) in [5, 5.41) is 12.3. The van der Waals surface area contributed by atoms with Crippen LogP contribution in [-0.2, 0) is 14.3 Å². The molecule has 160 valence electrons. The molecular formula is C23H23N3O5. The van der Waals surface area contributed by atoms with E-state index in [2.05, 4.69) is 10.3 Å². The van der Waals surface area contributed by atoms with E-state index in [1.54, 1.807) is 6.07 Å². The highest BCUT2D eigenvalue weighted by Gasteiger charge is 2.34. The number of β-amino-alcohol motifs (C(OH)–C–C–N with tert-alkyl or cyclic N) is 1. The number of esters is 1. The number of carbonyl (C=O) groups excluding carboxylic acids is 2. The summed E-state index contributed by atoms with van der Waals surface area (Å²) in [6, 6.07) is 11.4. The Morgan fingerprint density at radius 1 is 1.26 bits per heavy atom. The van der Waals surface area contributed by atoms with Crippen molar-refractivity contribution >= 4 is 28.7 Å². The number of hydrogen-bond acceptors (Lipinski definition) is 7. The summed E-state index contributed by atoms with van der Waals surface area (Å²) in [5.74, 6) is -0.431. The van der Waals surface area contributed by atoms with Crippen molar-refractivity contribution in [1.29, 1.82) is 0 Å². The summed E-state index contributed by atoms with van der Waals surface area (Å²) >= 11 is 0. The summed E-state index contributed by atoms with van der Waals surface area (Å²) in [6.07, 6.45) is 0. The molecule has 3 aromatic rings. The molecule has 1 amide bonds. The van der Waals surface area contributed by atoms with Gasteiger partial charge < -0.3 is 24.5 Å². The van der Waals surface area contributed by atoms with Crippen LogP contribution in [0.15, 0.2) is 52.1 Å². The van der Waals surface area contributed by atoms with E-state index in [9.17, 15) is 14.7 Å². The first-order chi connectivity index (χ1) is 14.9. The normalized spacial score (nSPS) is 13.9. The summed E-state index contributed by atoms with van der Waals surface area (Å²) in [4.78, 5) is 31.0. The molecular weight excluding hydrogens is 398 g/mol. The van der Waals surface area contributed by atoms with Gasteiger partial charge in [0.15, 0.2) is 5.58 Å². The first kappa shape index (κ1) is 20.6. The number of benzene rings is 2. The van der Waals surface area contributed by atoms with Crippen LogP contribution < -0.4 is 5.32 Å². The molecule has 0 saturated carbocycles. The summed E-state index contributed by atoms with van der Waals surface area (Å²) in [5.41, 5.74) is 5.06. The average molecular weight is 421 g/mol. The molecule has 1 aliphatic heterocycles. The Balaban J connectivity index is 1.72. The molecule has 4 rings (SSSR count). The average Bonchev–Trinajstić information content (AvgIpc) is 3.31. The highest BCUT2D eigenvalue weighted by molar-refractivity contribution is 6.08. The molecule has 1 aliphatic rings. The Hall–Kier alpha value is -3.65. The number of methoxy groups -OCH3 is 1. The van der Waals surface area contributed by atoms with Gasteiger partial charge in [-0.15, -0.1) is 0 Å². The predicted octanol–water partition coefficient (Wildman–Crippen LogP) is 2.79. The maximum absolute atomic E-state index is 12.8. The van der Waals surface area contributed by atoms with Gasteiger partial charge in [-0.1, -0.05) is 18.2 Å². The SMILES string of the molecule is COC(=O)C1=C(Nc2cc(C)c3oc(-c4ccccc4C)nc3c2)C(=O)N(CCO)C1. The van der Waals surface area contributed by atoms with Crippen LogP contribution in [0.5, 0.6) is 0 Å². The number of nitrogens with zero attached hydrogens (tertiary/aromatic N) is 2. The Bertz CT molecular complexity index is 1210. The topological polar surface area (TPSA) is 105 Å². The third kappa shape index (κ3) is 3.77. The van der Waals surface area contributed by atoms with Gasteiger partial charge >= 0.3 is 5.97 Å². The number of aromatic nitrogens is 1. The molecule has 0 unspecified atom stereocenters. The number of nitrogens with one attached hydrogen (secondary N) is 1. The molecule has 0 spiro atoms. The predicted molar refractivity (Wildman–Crippen MR) is 115 cm³/mol. The second kappa shape index (κ2) is 8.23. The van der Waals surface area contributed by atoms with Crippen molar-refractivity contribution in [3.8, 4) is 11.5 Å². The minimum absolute atomic E-state index is 0.0804. The van der Waals surface area contributed by atoms with Crippen LogP contribution in [0.3, 0.4) is 0 Å². The minimum atomic E-state index is -0.586. The van der Waals surface area contributed by atoms with Gasteiger partial charge in [-0.2, -0.15) is 0 Å². The largest absolute Gasteiger partial charge is 0.466 e. The lowest BCUT2D eigenvalue weighted by atomic mass is 10.1. The van der Waals surface area contributed by atoms with Gasteiger partial charge in [0.05, 0.1) is 25.8 Å². The van der Waals surface area contributed by atoms with Gasteiger partial charge in [0.25, 0.3) is 5.91 Å². The second-order valence-electron chi connectivity index (χ2n) is 7.40. The molecule has 2 aromatic carbocycles. The van der Waals surface area contributed by atoms with Crippen LogP contribution in [0.25, 0.3) is 22.6 Å². The van der Waals surface area contributed by atoms with Gasteiger partial charge in [-0.05, 0) is 43.2 Å². The van der Waals surface area contributed by atoms with E-state index >= 15 is 0 Å². The van der Waals surface area contributed by atoms with Gasteiger partial charge in [0, 0.05) is 17.8 Å². The number of aliphatic hydroxyl groups is 1. The molecule has 2 N–H and O–H groups in total. The van der Waals surface area contributed by atoms with Crippen molar-refractivity contribution in [3.63, 3.8) is 0 Å². The fourth-order valence-electron chi connectivity index (χ4n) is 3.69. The molecule has 8 heteroatoms. The number of fused-ring (bicyclic) bond motifs is 1. The Kier molecular flexibility index (Phi) is 5.48. The number of rotatable bonds is 6. The quantitative estimate of drug-likeness (QED) is 0.590. The molecule has 0 atom stereocenters. The fraction of sp³-hybridized carbons (Fsp3) is 0.261. The van der Waals surface area contributed by atoms with Crippen molar-refractivity contribution in [2.24, 2.45) is 0 Å². The maximum atomic E-state index is 12.8. The summed E-state index contributed by atoms with van der Waals surface area (Å²) in [6.45, 7) is 3.90. The molecule has 0 bridgehead atoms. The fourth-order valence-corrected chi connectivity index (χ4v) is 3.69. The van der Waals surface area contributed by atoms with Gasteiger partial charge in [-0.25, -0.2) is 9.78 Å². The standard InChI is InChI=1S/C23H23N3O5/c1-13-6-4-5-7-16(13)21-25-18-11-15(10-14(2)20(18)31-21)24-19-17(23(29)30-3)12-26(8-9-27)22(19)28/h4-7,10-11,24,27H,8-9,12H2,1-3H3. The minimum Gasteiger partial charge on any atom is -0.466 e. The van der Waals surface area contributed by atoms with E-state index < -0.39 is 5.97 Å². The summed E-state index contributed by atoms with van der Waals surface area (Å²) in [7, 11) is 1.27. The van der Waals surface area contributed by atoms with E-state index in [1.807, 2.05) is 44.2 Å². The van der Waals surface area contributed by atoms with E-state index in [0.29, 0.717) is 22.7 Å². The van der Waals surface area contributed by atoms with Gasteiger partial charge in [0.1, 0.15) is 11.2 Å². The van der Waals surface area contributed by atoms with E-state index in [-0.39, 0.29) is 36.9 Å². The monoisotopic (exact) mass is 421 g/mol. The Morgan fingerprint density at radius 3 is 2.74 bits per heavy atom. The Morgan fingerprint density at radius 2 is 2.03 bits per heavy atom. The number of amides is 1. The molecule has 2 heterocycles. The van der Waals surface area contributed by atoms with Crippen molar-refractivity contribution in [3.05, 3.63) is 58.8 Å². The molecule has 0 saturated heterocycles. The first-order valence-corrected chi connectivity index (χ1v) is 9.88. The second-order valence-corrected chi connectivity index (χ2v) is 7.40. The first-order valence-electron chi connectivity index (χ1n) is 9.88. The highest BCUT2D eigenvalue weighted by Crippen LogP contribution is 2.31. The zero-order valence-electron chi connectivity index (χ0n) is 17.6. The van der Waals surface area contributed by atoms with Crippen LogP contribution >= 0.6 is 0 Å². The highest BCUT2D eigenvalue weighted by atomic mass is 16.5. The maximum Gasteiger partial charge on any atom is 0.337 e. The third-order valence-electron chi connectivity index (χ3n) is 5.27. The lowest BCUT2D eigenvalue weighted by Crippen LogP contribution is -2.31. The molecule has 8 nitrogen and oxygen atoms in total. The van der Waals surface area contributed by atoms with Crippen molar-refractivity contribution in [2.45, 2.75) is 13.8 Å². The van der Waals surface area contributed by atoms with E-state index in [4.69, 9.17) is 9.15 Å². The number of oxazole rings is 1. The number of anilines is 1. The van der Waals surface area contributed by atoms with Crippen molar-refractivity contribution in [1.82, 2.24) is 9.88 Å². The molecule has 0 fully saturated rings. The van der Waals surface area contributed by atoms with Crippen LogP contribution in [-0.4, -0.2) is 53.7 Å². The number of hydrogen-bond donors (Lipinski definition) is 2. The lowest BCUT2D eigenvalue weighted by molar-refractivity contribution is -0.136. The number of aliphatic hydroxyl groups excluding tert-OH is 1. The van der Waals surface area contributed by atoms with Crippen LogP contribution in [0.4, 0.5) is 5.69 Å². The molecule has 0 radical (unpaired) electrons. The van der Waals surface area contributed by atoms with Gasteiger partial charge in [-0.3, -0.25) is 4.79 Å². The van der Waals surface area contributed by atoms with Gasteiger partial charge in [0.2, 0.25) is 5.89 Å². The number of carbonyl (C=O) groups is 2. The van der Waals surface area contributed by atoms with E-state index in [1.165, 1.54) is 12.0 Å². The molecule has 31 heavy (non-hydrogen) atoms. The van der Waals surface area contributed by atoms with Crippen molar-refractivity contribution in [2.75, 3.05) is 32.1 Å². The number of aryl methyl sites for hydroxylation is 2. The molecule has 0 aliphatic carbocycles. The third-order valence-corrected chi connectivity index (χ3v) is 5.27. The van der Waals surface area contributed by atoms with Crippen molar-refractivity contribution < 1.29 is 23.8 Å². The Labute approximate surface area is 179 Å². The summed E-state index contributed by atoms with van der Waals surface area (Å²) < 4.78 is 10.8. The molecule has 1 aromatic heterocycles.